The zero-order valence-corrected chi connectivity index (χ0v) is 10.2. The molecule has 0 unspecified atom stereocenters. The quantitative estimate of drug-likeness (QED) is 0.843. The summed E-state index contributed by atoms with van der Waals surface area (Å²) in [6.45, 7) is 3.83. The first kappa shape index (κ1) is 12.2. The fourth-order valence-electron chi connectivity index (χ4n) is 1.07. The molecule has 0 saturated carbocycles. The van der Waals surface area contributed by atoms with Crippen LogP contribution in [0.15, 0.2) is 24.3 Å². The van der Waals surface area contributed by atoms with Crippen LogP contribution < -0.4 is 5.32 Å². The average Bonchev–Trinajstić information content (AvgIpc) is 2.20. The summed E-state index contributed by atoms with van der Waals surface area (Å²) in [4.78, 5) is 11.3. The second-order valence-electron chi connectivity index (χ2n) is 3.61. The molecule has 0 spiro atoms. The first-order valence-electron chi connectivity index (χ1n) is 4.72. The zero-order valence-electron chi connectivity index (χ0n) is 8.63. The van der Waals surface area contributed by atoms with Crippen molar-refractivity contribution in [2.75, 3.05) is 5.32 Å². The standard InChI is InChI=1S/C11H13BrFNO/c1-7(2)10(12)11(15)14-9-6-4-3-5-8(9)13/h3-7,10H,1-2H3,(H,14,15)/t10-/m0/s1. The van der Waals surface area contributed by atoms with Crippen molar-refractivity contribution in [2.24, 2.45) is 5.92 Å². The van der Waals surface area contributed by atoms with Crippen molar-refractivity contribution < 1.29 is 9.18 Å². The van der Waals surface area contributed by atoms with Crippen LogP contribution in [0.3, 0.4) is 0 Å². The van der Waals surface area contributed by atoms with Crippen molar-refractivity contribution in [2.45, 2.75) is 18.7 Å². The van der Waals surface area contributed by atoms with E-state index < -0.39 is 5.82 Å². The molecule has 1 amide bonds. The number of hydrogen-bond acceptors (Lipinski definition) is 1. The second kappa shape index (κ2) is 5.26. The number of carbonyl (C=O) groups excluding carboxylic acids is 1. The van der Waals surface area contributed by atoms with Gasteiger partial charge in [0, 0.05) is 0 Å². The Bertz CT molecular complexity index is 354. The van der Waals surface area contributed by atoms with E-state index in [1.165, 1.54) is 12.1 Å². The number of nitrogens with one attached hydrogen (secondary N) is 1. The van der Waals surface area contributed by atoms with Crippen LogP contribution in [0.5, 0.6) is 0 Å². The van der Waals surface area contributed by atoms with Crippen molar-refractivity contribution in [3.05, 3.63) is 30.1 Å². The van der Waals surface area contributed by atoms with Crippen molar-refractivity contribution in [1.82, 2.24) is 0 Å². The van der Waals surface area contributed by atoms with Gasteiger partial charge in [-0.1, -0.05) is 41.9 Å². The van der Waals surface area contributed by atoms with Crippen molar-refractivity contribution in [1.29, 1.82) is 0 Å². The molecule has 0 aliphatic rings. The van der Waals surface area contributed by atoms with Gasteiger partial charge in [-0.25, -0.2) is 4.39 Å². The van der Waals surface area contributed by atoms with E-state index in [-0.39, 0.29) is 22.3 Å². The molecular weight excluding hydrogens is 261 g/mol. The van der Waals surface area contributed by atoms with Crippen LogP contribution in [0.2, 0.25) is 0 Å². The molecule has 0 bridgehead atoms. The van der Waals surface area contributed by atoms with Crippen LogP contribution in [0.4, 0.5) is 10.1 Å². The minimum Gasteiger partial charge on any atom is -0.323 e. The maximum Gasteiger partial charge on any atom is 0.238 e. The molecule has 0 aliphatic carbocycles. The predicted octanol–water partition coefficient (Wildman–Crippen LogP) is 3.18. The lowest BCUT2D eigenvalue weighted by Crippen LogP contribution is -2.27. The largest absolute Gasteiger partial charge is 0.323 e. The minimum absolute atomic E-state index is 0.164. The van der Waals surface area contributed by atoms with Gasteiger partial charge in [0.1, 0.15) is 5.82 Å². The molecule has 0 aromatic heterocycles. The molecule has 1 rings (SSSR count). The third-order valence-corrected chi connectivity index (χ3v) is 3.44. The minimum atomic E-state index is -0.422. The summed E-state index contributed by atoms with van der Waals surface area (Å²) >= 11 is 3.26. The Morgan fingerprint density at radius 1 is 1.40 bits per heavy atom. The maximum atomic E-state index is 13.2. The first-order chi connectivity index (χ1) is 7.02. The van der Waals surface area contributed by atoms with E-state index >= 15 is 0 Å². The summed E-state index contributed by atoms with van der Waals surface area (Å²) in [5.41, 5.74) is 0.215. The lowest BCUT2D eigenvalue weighted by molar-refractivity contribution is -0.116. The Balaban J connectivity index is 2.71. The molecule has 82 valence electrons. The lowest BCUT2D eigenvalue weighted by atomic mass is 10.1. The lowest BCUT2D eigenvalue weighted by Gasteiger charge is -2.13. The van der Waals surface area contributed by atoms with Crippen LogP contribution in [0.25, 0.3) is 0 Å². The molecule has 2 nitrogen and oxygen atoms in total. The Morgan fingerprint density at radius 3 is 2.53 bits per heavy atom. The summed E-state index contributed by atoms with van der Waals surface area (Å²) < 4.78 is 13.2. The highest BCUT2D eigenvalue weighted by molar-refractivity contribution is 9.10. The molecule has 4 heteroatoms. The molecule has 0 fully saturated rings. The van der Waals surface area contributed by atoms with E-state index in [2.05, 4.69) is 21.2 Å². The highest BCUT2D eigenvalue weighted by Gasteiger charge is 2.19. The van der Waals surface area contributed by atoms with E-state index in [4.69, 9.17) is 0 Å². The Kier molecular flexibility index (Phi) is 4.27. The van der Waals surface area contributed by atoms with Gasteiger partial charge in [0.2, 0.25) is 5.91 Å². The van der Waals surface area contributed by atoms with Crippen LogP contribution in [0, 0.1) is 11.7 Å². The first-order valence-corrected chi connectivity index (χ1v) is 5.63. The van der Waals surface area contributed by atoms with Crippen LogP contribution in [0.1, 0.15) is 13.8 Å². The van der Waals surface area contributed by atoms with Gasteiger partial charge in [0.25, 0.3) is 0 Å². The van der Waals surface area contributed by atoms with Gasteiger partial charge in [0.05, 0.1) is 10.5 Å². The summed E-state index contributed by atoms with van der Waals surface area (Å²) in [7, 11) is 0. The molecule has 0 aliphatic heterocycles. The number of para-hydroxylation sites is 1. The van der Waals surface area contributed by atoms with Crippen LogP contribution >= 0.6 is 15.9 Å². The Hall–Kier alpha value is -0.900. The normalized spacial score (nSPS) is 12.6. The molecule has 1 atom stereocenters. The Labute approximate surface area is 97.0 Å². The number of hydrogen-bond donors (Lipinski definition) is 1. The third-order valence-electron chi connectivity index (χ3n) is 1.97. The second-order valence-corrected chi connectivity index (χ2v) is 4.60. The highest BCUT2D eigenvalue weighted by Crippen LogP contribution is 2.17. The predicted molar refractivity (Wildman–Crippen MR) is 62.6 cm³/mol. The van der Waals surface area contributed by atoms with E-state index in [1.807, 2.05) is 13.8 Å². The smallest absolute Gasteiger partial charge is 0.238 e. The number of halogens is 2. The van der Waals surface area contributed by atoms with Gasteiger partial charge < -0.3 is 5.32 Å². The van der Waals surface area contributed by atoms with Gasteiger partial charge >= 0.3 is 0 Å². The fraction of sp³-hybridized carbons (Fsp3) is 0.364. The van der Waals surface area contributed by atoms with Gasteiger partial charge in [0.15, 0.2) is 0 Å². The molecule has 0 saturated heterocycles. The van der Waals surface area contributed by atoms with E-state index in [0.717, 1.165) is 0 Å². The van der Waals surface area contributed by atoms with E-state index in [9.17, 15) is 9.18 Å². The van der Waals surface area contributed by atoms with Gasteiger partial charge in [-0.2, -0.15) is 0 Å². The SMILES string of the molecule is CC(C)[C@H](Br)C(=O)Nc1ccccc1F. The highest BCUT2D eigenvalue weighted by atomic mass is 79.9. The fourth-order valence-corrected chi connectivity index (χ4v) is 1.18. The molecule has 0 radical (unpaired) electrons. The number of alkyl halides is 1. The maximum absolute atomic E-state index is 13.2. The summed E-state index contributed by atoms with van der Waals surface area (Å²) in [5, 5.41) is 2.53. The number of anilines is 1. The molecule has 0 heterocycles. The van der Waals surface area contributed by atoms with Crippen molar-refractivity contribution in [3.8, 4) is 0 Å². The van der Waals surface area contributed by atoms with Crippen molar-refractivity contribution in [3.63, 3.8) is 0 Å². The van der Waals surface area contributed by atoms with E-state index in [0.29, 0.717) is 0 Å². The number of amides is 1. The van der Waals surface area contributed by atoms with Crippen LogP contribution in [-0.2, 0) is 4.79 Å². The average molecular weight is 274 g/mol. The van der Waals surface area contributed by atoms with E-state index in [1.54, 1.807) is 12.1 Å². The van der Waals surface area contributed by atoms with Gasteiger partial charge in [-0.15, -0.1) is 0 Å². The number of carbonyl (C=O) groups is 1. The van der Waals surface area contributed by atoms with Crippen molar-refractivity contribution >= 4 is 27.5 Å². The molecule has 1 aromatic rings. The number of benzene rings is 1. The van der Waals surface area contributed by atoms with Gasteiger partial charge in [-0.3, -0.25) is 4.79 Å². The summed E-state index contributed by atoms with van der Waals surface area (Å²) in [6.07, 6.45) is 0. The summed E-state index contributed by atoms with van der Waals surface area (Å²) in [6, 6.07) is 6.11. The number of rotatable bonds is 3. The topological polar surface area (TPSA) is 29.1 Å². The molecule has 1 aromatic carbocycles. The summed E-state index contributed by atoms with van der Waals surface area (Å²) in [5.74, 6) is -0.485. The van der Waals surface area contributed by atoms with Crippen LogP contribution in [-0.4, -0.2) is 10.7 Å². The monoisotopic (exact) mass is 273 g/mol. The molecule has 1 N–H and O–H groups in total. The third kappa shape index (κ3) is 3.30. The zero-order chi connectivity index (χ0) is 11.4. The Morgan fingerprint density at radius 2 is 2.00 bits per heavy atom. The van der Waals surface area contributed by atoms with Gasteiger partial charge in [-0.05, 0) is 18.1 Å². The molecule has 15 heavy (non-hydrogen) atoms. The molecular formula is C11H13BrFNO.